The molecule has 0 fully saturated rings. The highest BCUT2D eigenvalue weighted by molar-refractivity contribution is 5.95. The number of anilines is 2. The van der Waals surface area contributed by atoms with E-state index >= 15 is 0 Å². The van der Waals surface area contributed by atoms with E-state index in [1.807, 2.05) is 37.3 Å². The molecule has 5 heteroatoms. The van der Waals surface area contributed by atoms with Gasteiger partial charge in [0.25, 0.3) is 0 Å². The Kier molecular flexibility index (Phi) is 5.15. The summed E-state index contributed by atoms with van der Waals surface area (Å²) in [6, 6.07) is 11.4. The van der Waals surface area contributed by atoms with Crippen molar-refractivity contribution in [1.82, 2.24) is 0 Å². The summed E-state index contributed by atoms with van der Waals surface area (Å²) in [6.45, 7) is 4.50. The third-order valence-electron chi connectivity index (χ3n) is 2.76. The number of benzene rings is 1. The third-order valence-corrected chi connectivity index (χ3v) is 2.76. The molecule has 1 aromatic carbocycles. The first-order valence-corrected chi connectivity index (χ1v) is 6.92. The first-order valence-electron chi connectivity index (χ1n) is 6.92. The van der Waals surface area contributed by atoms with Crippen molar-refractivity contribution in [3.8, 4) is 0 Å². The second-order valence-corrected chi connectivity index (χ2v) is 4.26. The van der Waals surface area contributed by atoms with Crippen molar-refractivity contribution in [2.45, 2.75) is 13.8 Å². The van der Waals surface area contributed by atoms with Crippen LogP contribution in [0.5, 0.6) is 0 Å². The minimum Gasteiger partial charge on any atom is -0.462 e. The second-order valence-electron chi connectivity index (χ2n) is 4.26. The minimum atomic E-state index is -0.384. The molecular weight excluding hydrogens is 268 g/mol. The van der Waals surface area contributed by atoms with Gasteiger partial charge in [-0.2, -0.15) is 0 Å². The Balaban J connectivity index is 2.32. The quantitative estimate of drug-likeness (QED) is 0.654. The van der Waals surface area contributed by atoms with Gasteiger partial charge in [-0.15, -0.1) is 0 Å². The molecule has 0 bridgehead atoms. The number of pyridine rings is 1. The number of carbonyl (C=O) groups excluding carboxylic acids is 1. The van der Waals surface area contributed by atoms with Gasteiger partial charge in [-0.05, 0) is 26.0 Å². The first kappa shape index (κ1) is 14.8. The highest BCUT2D eigenvalue weighted by Crippen LogP contribution is 2.20. The van der Waals surface area contributed by atoms with Crippen LogP contribution in [0, 0.1) is 0 Å². The standard InChI is InChI=1S/C16H18N2O3/c1-3-20-16(19)14-12-18(21-4-2)11-10-15(14)17-13-8-6-5-7-9-13/h5-12H,3-4H2,1-2H3/p+1. The number of carbonyl (C=O) groups is 1. The van der Waals surface area contributed by atoms with E-state index in [1.54, 1.807) is 25.4 Å². The van der Waals surface area contributed by atoms with Crippen molar-refractivity contribution in [1.29, 1.82) is 0 Å². The predicted octanol–water partition coefficient (Wildman–Crippen LogP) is 2.34. The van der Waals surface area contributed by atoms with Crippen molar-refractivity contribution >= 4 is 17.3 Å². The Morgan fingerprint density at radius 3 is 2.57 bits per heavy atom. The summed E-state index contributed by atoms with van der Waals surface area (Å²) < 4.78 is 6.59. The van der Waals surface area contributed by atoms with Crippen LogP contribution in [0.4, 0.5) is 11.4 Å². The fourth-order valence-electron chi connectivity index (χ4n) is 1.86. The molecule has 0 radical (unpaired) electrons. The molecule has 0 spiro atoms. The maximum Gasteiger partial charge on any atom is 0.346 e. The maximum atomic E-state index is 12.1. The minimum absolute atomic E-state index is 0.327. The van der Waals surface area contributed by atoms with E-state index < -0.39 is 0 Å². The molecule has 0 unspecified atom stereocenters. The van der Waals surface area contributed by atoms with Crippen LogP contribution in [-0.4, -0.2) is 19.2 Å². The van der Waals surface area contributed by atoms with Crippen LogP contribution < -0.4 is 14.9 Å². The van der Waals surface area contributed by atoms with Crippen molar-refractivity contribution in [3.05, 3.63) is 54.4 Å². The largest absolute Gasteiger partial charge is 0.462 e. The molecule has 0 aliphatic carbocycles. The fourth-order valence-corrected chi connectivity index (χ4v) is 1.86. The first-order chi connectivity index (χ1) is 10.2. The van der Waals surface area contributed by atoms with E-state index in [0.717, 1.165) is 5.69 Å². The van der Waals surface area contributed by atoms with Crippen molar-refractivity contribution < 1.29 is 19.1 Å². The van der Waals surface area contributed by atoms with E-state index in [4.69, 9.17) is 9.57 Å². The van der Waals surface area contributed by atoms with Gasteiger partial charge >= 0.3 is 5.97 Å². The van der Waals surface area contributed by atoms with E-state index in [1.165, 1.54) is 4.73 Å². The number of hydrogen-bond donors (Lipinski definition) is 1. The zero-order chi connectivity index (χ0) is 15.1. The van der Waals surface area contributed by atoms with Gasteiger partial charge in [-0.1, -0.05) is 18.2 Å². The molecule has 0 aliphatic heterocycles. The molecule has 0 saturated carbocycles. The lowest BCUT2D eigenvalue weighted by Crippen LogP contribution is -2.42. The normalized spacial score (nSPS) is 10.0. The molecule has 1 aromatic heterocycles. The van der Waals surface area contributed by atoms with E-state index in [0.29, 0.717) is 24.5 Å². The smallest absolute Gasteiger partial charge is 0.346 e. The van der Waals surface area contributed by atoms with Gasteiger partial charge in [0.1, 0.15) is 0 Å². The Bertz CT molecular complexity index is 600. The number of aromatic nitrogens is 1. The summed E-state index contributed by atoms with van der Waals surface area (Å²) >= 11 is 0. The summed E-state index contributed by atoms with van der Waals surface area (Å²) in [5, 5.41) is 3.21. The lowest BCUT2D eigenvalue weighted by Gasteiger charge is -2.09. The molecule has 0 atom stereocenters. The Hall–Kier alpha value is -2.56. The monoisotopic (exact) mass is 287 g/mol. The molecule has 21 heavy (non-hydrogen) atoms. The van der Waals surface area contributed by atoms with Gasteiger partial charge in [0, 0.05) is 16.5 Å². The number of ether oxygens (including phenoxy) is 1. The van der Waals surface area contributed by atoms with Crippen molar-refractivity contribution in [2.24, 2.45) is 0 Å². The lowest BCUT2D eigenvalue weighted by atomic mass is 10.2. The Labute approximate surface area is 124 Å². The van der Waals surface area contributed by atoms with Crippen LogP contribution in [0.3, 0.4) is 0 Å². The molecular formula is C16H19N2O3+. The van der Waals surface area contributed by atoms with Crippen LogP contribution in [0.15, 0.2) is 48.8 Å². The zero-order valence-electron chi connectivity index (χ0n) is 12.2. The van der Waals surface area contributed by atoms with Crippen LogP contribution in [0.25, 0.3) is 0 Å². The molecule has 2 aromatic rings. The zero-order valence-corrected chi connectivity index (χ0v) is 12.2. The van der Waals surface area contributed by atoms with Crippen molar-refractivity contribution in [2.75, 3.05) is 18.5 Å². The molecule has 1 heterocycles. The number of hydrogen-bond acceptors (Lipinski definition) is 4. The van der Waals surface area contributed by atoms with E-state index in [-0.39, 0.29) is 5.97 Å². The van der Waals surface area contributed by atoms with Gasteiger partial charge in [0.05, 0.1) is 12.3 Å². The average molecular weight is 287 g/mol. The number of nitrogens with one attached hydrogen (secondary N) is 1. The molecule has 0 aliphatic rings. The van der Waals surface area contributed by atoms with Gasteiger partial charge in [0.2, 0.25) is 12.4 Å². The van der Waals surface area contributed by atoms with Crippen molar-refractivity contribution in [3.63, 3.8) is 0 Å². The fraction of sp³-hybridized carbons (Fsp3) is 0.250. The summed E-state index contributed by atoms with van der Waals surface area (Å²) in [7, 11) is 0. The Morgan fingerprint density at radius 2 is 1.90 bits per heavy atom. The van der Waals surface area contributed by atoms with Gasteiger partial charge in [-0.3, -0.25) is 4.84 Å². The summed E-state index contributed by atoms with van der Waals surface area (Å²) in [4.78, 5) is 17.4. The van der Waals surface area contributed by atoms with Gasteiger partial charge < -0.3 is 10.1 Å². The topological polar surface area (TPSA) is 51.4 Å². The van der Waals surface area contributed by atoms with E-state index in [2.05, 4.69) is 5.32 Å². The third kappa shape index (κ3) is 3.95. The summed E-state index contributed by atoms with van der Waals surface area (Å²) in [6.07, 6.45) is 3.37. The molecule has 5 nitrogen and oxygen atoms in total. The van der Waals surface area contributed by atoms with Crippen LogP contribution in [0.1, 0.15) is 24.2 Å². The molecule has 0 amide bonds. The summed E-state index contributed by atoms with van der Waals surface area (Å²) in [5.41, 5.74) is 2.00. The lowest BCUT2D eigenvalue weighted by molar-refractivity contribution is -0.890. The van der Waals surface area contributed by atoms with Crippen LogP contribution >= 0.6 is 0 Å². The average Bonchev–Trinajstić information content (AvgIpc) is 2.50. The van der Waals surface area contributed by atoms with E-state index in [9.17, 15) is 4.79 Å². The SMILES string of the molecule is CCOC(=O)c1c[n+](OCC)ccc1Nc1ccccc1. The second kappa shape index (κ2) is 7.28. The Morgan fingerprint density at radius 1 is 1.14 bits per heavy atom. The molecule has 110 valence electrons. The molecule has 0 saturated heterocycles. The predicted molar refractivity (Wildman–Crippen MR) is 79.4 cm³/mol. The van der Waals surface area contributed by atoms with Gasteiger partial charge in [-0.25, -0.2) is 4.79 Å². The number of para-hydroxylation sites is 1. The van der Waals surface area contributed by atoms with Crippen LogP contribution in [0.2, 0.25) is 0 Å². The molecule has 1 N–H and O–H groups in total. The highest BCUT2D eigenvalue weighted by atomic mass is 16.7. The summed E-state index contributed by atoms with van der Waals surface area (Å²) in [5.74, 6) is -0.384. The van der Waals surface area contributed by atoms with Gasteiger partial charge in [0.15, 0.2) is 12.2 Å². The highest BCUT2D eigenvalue weighted by Gasteiger charge is 2.19. The number of esters is 1. The number of rotatable bonds is 6. The molecule has 2 rings (SSSR count). The number of nitrogens with zero attached hydrogens (tertiary/aromatic N) is 1. The van der Waals surface area contributed by atoms with Crippen LogP contribution in [-0.2, 0) is 4.74 Å². The maximum absolute atomic E-state index is 12.1.